The fourth-order valence-corrected chi connectivity index (χ4v) is 6.72. The molecule has 4 amide bonds. The first kappa shape index (κ1) is 34.0. The van der Waals surface area contributed by atoms with Crippen LogP contribution in [0.1, 0.15) is 57.6 Å². The number of amides is 4. The number of benzene rings is 1. The third-order valence-corrected chi connectivity index (χ3v) is 9.29. The number of fused-ring (bicyclic) bond motifs is 4. The quantitative estimate of drug-likeness (QED) is 0.325. The van der Waals surface area contributed by atoms with Crippen LogP contribution in [0.2, 0.25) is 0 Å². The molecule has 6 rings (SSSR count). The Morgan fingerprint density at radius 3 is 2.71 bits per heavy atom. The van der Waals surface area contributed by atoms with Crippen molar-refractivity contribution in [1.29, 1.82) is 0 Å². The highest BCUT2D eigenvalue weighted by Gasteiger charge is 2.35. The van der Waals surface area contributed by atoms with Crippen LogP contribution in [0.25, 0.3) is 11.1 Å². The molecule has 0 fully saturated rings. The predicted octanol–water partition coefficient (Wildman–Crippen LogP) is 2.42. The first-order chi connectivity index (χ1) is 23.7. The van der Waals surface area contributed by atoms with E-state index in [1.54, 1.807) is 38.0 Å². The van der Waals surface area contributed by atoms with Gasteiger partial charge in [-0.1, -0.05) is 17.3 Å². The Morgan fingerprint density at radius 1 is 1.06 bits per heavy atom. The van der Waals surface area contributed by atoms with Crippen molar-refractivity contribution in [3.05, 3.63) is 70.6 Å². The van der Waals surface area contributed by atoms with Crippen LogP contribution >= 0.6 is 11.8 Å². The van der Waals surface area contributed by atoms with Gasteiger partial charge in [0.25, 0.3) is 11.6 Å². The fraction of sp³-hybridized carbons (Fsp3) is 0.441. The van der Waals surface area contributed by atoms with E-state index in [9.17, 15) is 19.2 Å². The normalized spacial score (nSPS) is 17.7. The van der Waals surface area contributed by atoms with Gasteiger partial charge in [0.2, 0.25) is 17.7 Å². The van der Waals surface area contributed by atoms with Crippen LogP contribution in [0.5, 0.6) is 5.75 Å². The number of hydrogen-bond donors (Lipinski definition) is 2. The van der Waals surface area contributed by atoms with Gasteiger partial charge in [-0.15, -0.1) is 0 Å². The number of carbonyl (C=O) groups is 4. The second kappa shape index (κ2) is 15.1. The molecule has 15 heteroatoms. The Labute approximate surface area is 287 Å². The maximum Gasteiger partial charge on any atom is 0.258 e. The maximum absolute atomic E-state index is 13.9. The number of pyridine rings is 1. The van der Waals surface area contributed by atoms with Crippen molar-refractivity contribution in [2.24, 2.45) is 0 Å². The molecule has 258 valence electrons. The van der Waals surface area contributed by atoms with Crippen LogP contribution < -0.4 is 15.4 Å². The Kier molecular flexibility index (Phi) is 10.5. The van der Waals surface area contributed by atoms with E-state index in [0.717, 1.165) is 22.7 Å². The molecule has 2 aliphatic rings. The molecule has 0 saturated carbocycles. The van der Waals surface area contributed by atoms with Gasteiger partial charge < -0.3 is 34.3 Å². The fourth-order valence-electron chi connectivity index (χ4n) is 6.35. The zero-order chi connectivity index (χ0) is 34.5. The summed E-state index contributed by atoms with van der Waals surface area (Å²) in [7, 11) is 0. The third-order valence-electron chi connectivity index (χ3n) is 8.68. The van der Waals surface area contributed by atoms with E-state index >= 15 is 0 Å². The number of nitrogens with one attached hydrogen (secondary N) is 2. The van der Waals surface area contributed by atoms with Crippen LogP contribution in [-0.4, -0.2) is 104 Å². The summed E-state index contributed by atoms with van der Waals surface area (Å²) in [4.78, 5) is 66.0. The minimum atomic E-state index is -0.423. The molecule has 0 radical (unpaired) electrons. The van der Waals surface area contributed by atoms with Gasteiger partial charge in [-0.3, -0.25) is 19.2 Å². The molecule has 1 aromatic carbocycles. The Bertz CT molecular complexity index is 1870. The highest BCUT2D eigenvalue weighted by molar-refractivity contribution is 7.98. The summed E-state index contributed by atoms with van der Waals surface area (Å²) in [6.45, 7) is 4.65. The molecule has 4 aromatic rings. The van der Waals surface area contributed by atoms with Crippen molar-refractivity contribution < 1.29 is 28.4 Å². The van der Waals surface area contributed by atoms with Crippen molar-refractivity contribution in [3.63, 3.8) is 0 Å². The molecule has 0 aliphatic carbocycles. The van der Waals surface area contributed by atoms with Gasteiger partial charge in [-0.25, -0.2) is 9.97 Å². The zero-order valence-corrected chi connectivity index (χ0v) is 28.7. The highest BCUT2D eigenvalue weighted by Crippen LogP contribution is 2.36. The summed E-state index contributed by atoms with van der Waals surface area (Å²) in [6, 6.07) is 8.88. The lowest BCUT2D eigenvalue weighted by Crippen LogP contribution is -2.45. The molecule has 49 heavy (non-hydrogen) atoms. The summed E-state index contributed by atoms with van der Waals surface area (Å²) in [5.74, 6) is 0.401. The van der Waals surface area contributed by atoms with Crippen molar-refractivity contribution in [2.75, 3.05) is 51.3 Å². The van der Waals surface area contributed by atoms with Gasteiger partial charge in [-0.2, -0.15) is 11.8 Å². The zero-order valence-electron chi connectivity index (χ0n) is 27.9. The van der Waals surface area contributed by atoms with E-state index in [4.69, 9.17) is 14.2 Å². The molecule has 0 spiro atoms. The van der Waals surface area contributed by atoms with Crippen LogP contribution in [0.3, 0.4) is 0 Å². The Hall–Kier alpha value is -4.92. The molecule has 0 saturated heterocycles. The molecule has 14 nitrogen and oxygen atoms in total. The summed E-state index contributed by atoms with van der Waals surface area (Å²) >= 11 is 1.63. The average Bonchev–Trinajstić information content (AvgIpc) is 3.67. The number of rotatable bonds is 4. The second-order valence-corrected chi connectivity index (χ2v) is 13.1. The van der Waals surface area contributed by atoms with Crippen molar-refractivity contribution in [1.82, 2.24) is 40.1 Å². The first-order valence-electron chi connectivity index (χ1n) is 16.3. The minimum Gasteiger partial charge on any atom is -0.494 e. The predicted molar refractivity (Wildman–Crippen MR) is 182 cm³/mol. The summed E-state index contributed by atoms with van der Waals surface area (Å²) in [5.41, 5.74) is 4.17. The number of nitrogens with zero attached hydrogens (tertiary/aromatic N) is 6. The molecular formula is C34H40N8O6S. The van der Waals surface area contributed by atoms with E-state index in [1.165, 1.54) is 4.90 Å². The van der Waals surface area contributed by atoms with Crippen molar-refractivity contribution >= 4 is 46.5 Å². The monoisotopic (exact) mass is 688 g/mol. The molecule has 1 atom stereocenters. The second-order valence-electron chi connectivity index (χ2n) is 12.1. The van der Waals surface area contributed by atoms with Crippen molar-refractivity contribution in [2.45, 2.75) is 45.7 Å². The molecule has 1 unspecified atom stereocenters. The maximum atomic E-state index is 13.9. The van der Waals surface area contributed by atoms with E-state index < -0.39 is 11.9 Å². The lowest BCUT2D eigenvalue weighted by atomic mass is 9.95. The van der Waals surface area contributed by atoms with Crippen molar-refractivity contribution in [3.8, 4) is 5.75 Å². The minimum absolute atomic E-state index is 0.0110. The number of ether oxygens (including phenoxy) is 1. The van der Waals surface area contributed by atoms with Gasteiger partial charge in [0, 0.05) is 56.2 Å². The van der Waals surface area contributed by atoms with E-state index in [0.29, 0.717) is 67.0 Å². The topological polar surface area (TPSA) is 165 Å². The molecule has 2 aliphatic heterocycles. The van der Waals surface area contributed by atoms with Gasteiger partial charge >= 0.3 is 0 Å². The number of carbonyl (C=O) groups excluding carboxylic acids is 4. The SMILES string of the molecule is CSCCC(=O)N1CCc2c3ncn2CC(=O)NCCN(C(=O)c2cc(C)nc4onc(C)c24)CC(=O)NCCCOc2cccc(c2)C31. The van der Waals surface area contributed by atoms with E-state index in [2.05, 4.69) is 20.8 Å². The Balaban J connectivity index is 1.27. The number of aryl methyl sites for hydroxylation is 2. The van der Waals surface area contributed by atoms with Gasteiger partial charge in [0.15, 0.2) is 0 Å². The van der Waals surface area contributed by atoms with E-state index in [1.807, 2.05) is 40.0 Å². The van der Waals surface area contributed by atoms with Crippen LogP contribution in [0.15, 0.2) is 41.2 Å². The number of hydrogen-bond acceptors (Lipinski definition) is 10. The number of imidazole rings is 1. The van der Waals surface area contributed by atoms with Gasteiger partial charge in [-0.05, 0) is 50.3 Å². The van der Waals surface area contributed by atoms with Gasteiger partial charge in [0.05, 0.1) is 41.8 Å². The van der Waals surface area contributed by atoms with E-state index in [-0.39, 0.29) is 49.6 Å². The summed E-state index contributed by atoms with van der Waals surface area (Å²) < 4.78 is 13.2. The summed E-state index contributed by atoms with van der Waals surface area (Å²) in [5, 5.41) is 10.2. The molecule has 3 aromatic heterocycles. The molecule has 6 bridgehead atoms. The summed E-state index contributed by atoms with van der Waals surface area (Å²) in [6.07, 6.45) is 5.13. The largest absolute Gasteiger partial charge is 0.494 e. The van der Waals surface area contributed by atoms with Crippen LogP contribution in [0, 0.1) is 13.8 Å². The van der Waals surface area contributed by atoms with Crippen LogP contribution in [0.4, 0.5) is 0 Å². The van der Waals surface area contributed by atoms with Gasteiger partial charge in [0.1, 0.15) is 18.3 Å². The number of thioether (sulfide) groups is 1. The van der Waals surface area contributed by atoms with Crippen LogP contribution in [-0.2, 0) is 27.3 Å². The highest BCUT2D eigenvalue weighted by atomic mass is 32.2. The molecular weight excluding hydrogens is 648 g/mol. The number of aromatic nitrogens is 4. The standard InChI is InChI=1S/C34H40N8O6S/c1-21-16-25(30-22(2)39-48-33(30)38-21)34(46)40-13-11-36-28(44)19-41-20-37-31-26(41)8-12-42(29(45)9-15-49-3)32(31)23-6-4-7-24(17-23)47-14-5-10-35-27(43)18-40/h4,6-7,16-17,20,32H,5,8-15,18-19H2,1-3H3,(H,35,43)(H,36,44). The Morgan fingerprint density at radius 2 is 1.88 bits per heavy atom. The third kappa shape index (κ3) is 7.56. The smallest absolute Gasteiger partial charge is 0.258 e. The molecule has 5 heterocycles. The molecule has 2 N–H and O–H groups in total. The lowest BCUT2D eigenvalue weighted by Gasteiger charge is -2.36. The lowest BCUT2D eigenvalue weighted by molar-refractivity contribution is -0.133. The average molecular weight is 689 g/mol. The first-order valence-corrected chi connectivity index (χ1v) is 17.7.